The lowest BCUT2D eigenvalue weighted by Crippen LogP contribution is -2.25. The average molecular weight is 339 g/mol. The largest absolute Gasteiger partial charge is 0.482 e. The third kappa shape index (κ3) is 2.69. The first-order chi connectivity index (χ1) is 11.6. The van der Waals surface area contributed by atoms with Crippen molar-refractivity contribution < 1.29 is 14.3 Å². The minimum absolute atomic E-state index is 0.0422. The van der Waals surface area contributed by atoms with E-state index in [4.69, 9.17) is 4.74 Å². The van der Waals surface area contributed by atoms with E-state index in [1.807, 2.05) is 25.1 Å². The zero-order valence-corrected chi connectivity index (χ0v) is 13.6. The maximum atomic E-state index is 12.4. The number of benzene rings is 2. The first-order valence-electron chi connectivity index (χ1n) is 7.34. The lowest BCUT2D eigenvalue weighted by molar-refractivity contribution is -0.118. The van der Waals surface area contributed by atoms with E-state index in [-0.39, 0.29) is 18.4 Å². The van der Waals surface area contributed by atoms with Crippen molar-refractivity contribution in [2.75, 3.05) is 17.2 Å². The number of anilines is 2. The number of hydrogen-bond acceptors (Lipinski definition) is 5. The molecule has 24 heavy (non-hydrogen) atoms. The second-order valence-electron chi connectivity index (χ2n) is 5.42. The first-order valence-corrected chi connectivity index (χ1v) is 8.15. The maximum Gasteiger partial charge on any atom is 0.262 e. The zero-order chi connectivity index (χ0) is 16.7. The van der Waals surface area contributed by atoms with Gasteiger partial charge >= 0.3 is 0 Å². The Kier molecular flexibility index (Phi) is 3.42. The molecule has 1 aliphatic rings. The first kappa shape index (κ1) is 14.6. The predicted molar refractivity (Wildman–Crippen MR) is 92.9 cm³/mol. The SMILES string of the molecule is Cc1nc2ccc(NC(=O)c3ccc4c(c3)OCC(=O)N4)cc2s1. The van der Waals surface area contributed by atoms with Gasteiger partial charge in [-0.2, -0.15) is 0 Å². The Morgan fingerprint density at radius 1 is 1.29 bits per heavy atom. The molecule has 2 aromatic carbocycles. The molecule has 2 N–H and O–H groups in total. The van der Waals surface area contributed by atoms with Crippen LogP contribution in [0, 0.1) is 6.92 Å². The van der Waals surface area contributed by atoms with Crippen LogP contribution in [0.1, 0.15) is 15.4 Å². The molecule has 0 atom stereocenters. The molecule has 0 saturated heterocycles. The summed E-state index contributed by atoms with van der Waals surface area (Å²) in [5.74, 6) is 0.0579. The van der Waals surface area contributed by atoms with Crippen molar-refractivity contribution in [3.63, 3.8) is 0 Å². The number of nitrogens with one attached hydrogen (secondary N) is 2. The summed E-state index contributed by atoms with van der Waals surface area (Å²) in [4.78, 5) is 28.1. The van der Waals surface area contributed by atoms with Crippen LogP contribution in [-0.2, 0) is 4.79 Å². The topological polar surface area (TPSA) is 80.3 Å². The molecule has 3 aromatic rings. The molecule has 1 aliphatic heterocycles. The fourth-order valence-corrected chi connectivity index (χ4v) is 3.40. The highest BCUT2D eigenvalue weighted by Gasteiger charge is 2.18. The van der Waals surface area contributed by atoms with Gasteiger partial charge in [0.25, 0.3) is 11.8 Å². The number of carbonyl (C=O) groups excluding carboxylic acids is 2. The summed E-state index contributed by atoms with van der Waals surface area (Å²) in [6, 6.07) is 10.6. The lowest BCUT2D eigenvalue weighted by Gasteiger charge is -2.18. The molecule has 4 rings (SSSR count). The third-order valence-electron chi connectivity index (χ3n) is 3.63. The van der Waals surface area contributed by atoms with Crippen molar-refractivity contribution >= 4 is 44.7 Å². The van der Waals surface area contributed by atoms with Gasteiger partial charge in [-0.3, -0.25) is 9.59 Å². The minimum Gasteiger partial charge on any atom is -0.482 e. The van der Waals surface area contributed by atoms with Crippen LogP contribution in [-0.4, -0.2) is 23.4 Å². The van der Waals surface area contributed by atoms with E-state index in [9.17, 15) is 9.59 Å². The zero-order valence-electron chi connectivity index (χ0n) is 12.8. The van der Waals surface area contributed by atoms with Crippen molar-refractivity contribution in [3.05, 3.63) is 47.0 Å². The Labute approximate surface area is 141 Å². The van der Waals surface area contributed by atoms with Gasteiger partial charge in [0.05, 0.1) is 20.9 Å². The lowest BCUT2D eigenvalue weighted by atomic mass is 10.1. The highest BCUT2D eigenvalue weighted by Crippen LogP contribution is 2.29. The molecule has 0 radical (unpaired) electrons. The number of aryl methyl sites for hydroxylation is 1. The number of thiazole rings is 1. The molecule has 1 aromatic heterocycles. The van der Waals surface area contributed by atoms with Crippen molar-refractivity contribution in [2.45, 2.75) is 6.92 Å². The van der Waals surface area contributed by atoms with Gasteiger partial charge in [0, 0.05) is 11.3 Å². The predicted octanol–water partition coefficient (Wildman–Crippen LogP) is 3.19. The molecule has 0 fully saturated rings. The highest BCUT2D eigenvalue weighted by atomic mass is 32.1. The number of ether oxygens (including phenoxy) is 1. The van der Waals surface area contributed by atoms with Crippen LogP contribution in [0.25, 0.3) is 10.2 Å². The number of amides is 2. The summed E-state index contributed by atoms with van der Waals surface area (Å²) in [6.07, 6.45) is 0. The van der Waals surface area contributed by atoms with Gasteiger partial charge in [-0.15, -0.1) is 11.3 Å². The highest BCUT2D eigenvalue weighted by molar-refractivity contribution is 7.18. The number of nitrogens with zero attached hydrogens (tertiary/aromatic N) is 1. The molecule has 6 nitrogen and oxygen atoms in total. The van der Waals surface area contributed by atoms with Crippen molar-refractivity contribution in [1.82, 2.24) is 4.98 Å². The fraction of sp³-hybridized carbons (Fsp3) is 0.118. The molecule has 0 saturated carbocycles. The van der Waals surface area contributed by atoms with Crippen LogP contribution in [0.15, 0.2) is 36.4 Å². The van der Waals surface area contributed by atoms with Gasteiger partial charge in [0.15, 0.2) is 6.61 Å². The van der Waals surface area contributed by atoms with Crippen LogP contribution in [0.2, 0.25) is 0 Å². The standard InChI is InChI=1S/C17H13N3O3S/c1-9-18-13-5-3-11(7-15(13)24-9)19-17(22)10-2-4-12-14(6-10)23-8-16(21)20-12/h2-7H,8H2,1H3,(H,19,22)(H,20,21). The number of carbonyl (C=O) groups is 2. The quantitative estimate of drug-likeness (QED) is 0.751. The Morgan fingerprint density at radius 2 is 2.17 bits per heavy atom. The summed E-state index contributed by atoms with van der Waals surface area (Å²) in [5.41, 5.74) is 2.67. The normalized spacial score (nSPS) is 13.1. The minimum atomic E-state index is -0.237. The van der Waals surface area contributed by atoms with Crippen LogP contribution in [0.3, 0.4) is 0 Å². The summed E-state index contributed by atoms with van der Waals surface area (Å²) in [7, 11) is 0. The van der Waals surface area contributed by atoms with E-state index >= 15 is 0 Å². The molecular formula is C17H13N3O3S. The van der Waals surface area contributed by atoms with Crippen LogP contribution in [0.4, 0.5) is 11.4 Å². The summed E-state index contributed by atoms with van der Waals surface area (Å²) in [6.45, 7) is 1.91. The average Bonchev–Trinajstić information content (AvgIpc) is 2.93. The smallest absolute Gasteiger partial charge is 0.262 e. The van der Waals surface area contributed by atoms with E-state index in [0.29, 0.717) is 22.7 Å². The van der Waals surface area contributed by atoms with E-state index in [1.54, 1.807) is 29.5 Å². The second kappa shape index (κ2) is 5.61. The number of hydrogen-bond donors (Lipinski definition) is 2. The molecule has 2 amide bonds. The van der Waals surface area contributed by atoms with Gasteiger partial charge in [-0.25, -0.2) is 4.98 Å². The summed E-state index contributed by atoms with van der Waals surface area (Å²) < 4.78 is 6.37. The van der Waals surface area contributed by atoms with E-state index < -0.39 is 0 Å². The van der Waals surface area contributed by atoms with E-state index in [2.05, 4.69) is 15.6 Å². The second-order valence-corrected chi connectivity index (χ2v) is 6.65. The maximum absolute atomic E-state index is 12.4. The van der Waals surface area contributed by atoms with Gasteiger partial charge in [-0.05, 0) is 43.3 Å². The van der Waals surface area contributed by atoms with E-state index in [0.717, 1.165) is 15.2 Å². The number of fused-ring (bicyclic) bond motifs is 2. The Balaban J connectivity index is 1.57. The Morgan fingerprint density at radius 3 is 3.04 bits per heavy atom. The monoisotopic (exact) mass is 339 g/mol. The van der Waals surface area contributed by atoms with Crippen molar-refractivity contribution in [3.8, 4) is 5.75 Å². The number of rotatable bonds is 2. The fourth-order valence-electron chi connectivity index (χ4n) is 2.54. The van der Waals surface area contributed by atoms with Crippen molar-refractivity contribution in [1.29, 1.82) is 0 Å². The molecule has 0 unspecified atom stereocenters. The molecule has 0 bridgehead atoms. The van der Waals surface area contributed by atoms with Crippen molar-refractivity contribution in [2.24, 2.45) is 0 Å². The molecule has 0 aliphatic carbocycles. The molecule has 0 spiro atoms. The molecule has 7 heteroatoms. The van der Waals surface area contributed by atoms with Gasteiger partial charge in [0.1, 0.15) is 5.75 Å². The van der Waals surface area contributed by atoms with Crippen LogP contribution >= 0.6 is 11.3 Å². The summed E-state index contributed by atoms with van der Waals surface area (Å²) in [5, 5.41) is 6.56. The van der Waals surface area contributed by atoms with Crippen LogP contribution in [0.5, 0.6) is 5.75 Å². The molecular weight excluding hydrogens is 326 g/mol. The third-order valence-corrected chi connectivity index (χ3v) is 4.56. The van der Waals surface area contributed by atoms with Gasteiger partial charge < -0.3 is 15.4 Å². The molecule has 120 valence electrons. The van der Waals surface area contributed by atoms with Gasteiger partial charge in [0.2, 0.25) is 0 Å². The molecule has 2 heterocycles. The van der Waals surface area contributed by atoms with Gasteiger partial charge in [-0.1, -0.05) is 0 Å². The summed E-state index contributed by atoms with van der Waals surface area (Å²) >= 11 is 1.59. The Hall–Kier alpha value is -2.93. The van der Waals surface area contributed by atoms with Crippen LogP contribution < -0.4 is 15.4 Å². The Bertz CT molecular complexity index is 980. The van der Waals surface area contributed by atoms with E-state index in [1.165, 1.54) is 0 Å². The number of aromatic nitrogens is 1.